The van der Waals surface area contributed by atoms with Crippen LogP contribution < -0.4 is 4.74 Å². The molecule has 18 heavy (non-hydrogen) atoms. The number of rotatable bonds is 5. The van der Waals surface area contributed by atoms with Gasteiger partial charge in [-0.15, -0.1) is 0 Å². The number of likely N-dealkylation sites (N-methyl/N-ethyl adjacent to an activating group) is 1. The summed E-state index contributed by atoms with van der Waals surface area (Å²) in [5.41, 5.74) is 0.414. The van der Waals surface area contributed by atoms with E-state index in [1.165, 1.54) is 0 Å². The molecule has 0 aromatic heterocycles. The molecule has 0 radical (unpaired) electrons. The largest absolute Gasteiger partial charge is 0.482 e. The smallest absolute Gasteiger partial charge is 0.260 e. The van der Waals surface area contributed by atoms with Crippen LogP contribution in [0.2, 0.25) is 0 Å². The highest BCUT2D eigenvalue weighted by atomic mass is 79.9. The van der Waals surface area contributed by atoms with Gasteiger partial charge in [0.25, 0.3) is 5.91 Å². The summed E-state index contributed by atoms with van der Waals surface area (Å²) in [4.78, 5) is 13.4. The Kier molecular flexibility index (Phi) is 5.66. The number of ether oxygens (including phenoxy) is 1. The van der Waals surface area contributed by atoms with Gasteiger partial charge in [0, 0.05) is 17.6 Å². The number of nitriles is 1. The number of hydrogen-bond donors (Lipinski definition) is 0. The van der Waals surface area contributed by atoms with Crippen LogP contribution in [0.1, 0.15) is 19.4 Å². The van der Waals surface area contributed by atoms with E-state index in [-0.39, 0.29) is 12.5 Å². The molecule has 1 rings (SSSR count). The van der Waals surface area contributed by atoms with Gasteiger partial charge in [-0.05, 0) is 32.0 Å². The van der Waals surface area contributed by atoms with Gasteiger partial charge in [0.1, 0.15) is 11.8 Å². The highest BCUT2D eigenvalue weighted by Gasteiger charge is 2.11. The first-order valence-electron chi connectivity index (χ1n) is 5.72. The topological polar surface area (TPSA) is 53.3 Å². The number of benzene rings is 1. The molecule has 0 bridgehead atoms. The lowest BCUT2D eigenvalue weighted by Crippen LogP contribution is -2.34. The molecule has 0 saturated heterocycles. The fourth-order valence-electron chi connectivity index (χ4n) is 1.52. The van der Waals surface area contributed by atoms with Gasteiger partial charge < -0.3 is 9.64 Å². The van der Waals surface area contributed by atoms with E-state index in [1.807, 2.05) is 19.9 Å². The van der Waals surface area contributed by atoms with Crippen molar-refractivity contribution in [2.75, 3.05) is 19.7 Å². The molecule has 96 valence electrons. The maximum atomic E-state index is 11.8. The van der Waals surface area contributed by atoms with Crippen LogP contribution in [0, 0.1) is 11.3 Å². The number of halogens is 1. The van der Waals surface area contributed by atoms with Gasteiger partial charge in [0.05, 0.1) is 5.56 Å². The molecule has 0 aliphatic carbocycles. The molecule has 0 N–H and O–H groups in total. The molecule has 0 atom stereocenters. The van der Waals surface area contributed by atoms with Crippen molar-refractivity contribution >= 4 is 21.8 Å². The van der Waals surface area contributed by atoms with Crippen LogP contribution >= 0.6 is 15.9 Å². The van der Waals surface area contributed by atoms with Gasteiger partial charge in [0.15, 0.2) is 6.61 Å². The second kappa shape index (κ2) is 7.02. The summed E-state index contributed by atoms with van der Waals surface area (Å²) < 4.78 is 6.20. The number of carbonyl (C=O) groups excluding carboxylic acids is 1. The Labute approximate surface area is 115 Å². The lowest BCUT2D eigenvalue weighted by Gasteiger charge is -2.18. The first-order chi connectivity index (χ1) is 8.62. The van der Waals surface area contributed by atoms with Crippen LogP contribution in [0.15, 0.2) is 22.7 Å². The molecule has 0 spiro atoms. The zero-order chi connectivity index (χ0) is 13.5. The lowest BCUT2D eigenvalue weighted by molar-refractivity contribution is -0.132. The molecule has 1 aromatic carbocycles. The van der Waals surface area contributed by atoms with Crippen LogP contribution in [0.25, 0.3) is 0 Å². The lowest BCUT2D eigenvalue weighted by atomic mass is 10.2. The van der Waals surface area contributed by atoms with E-state index in [0.717, 1.165) is 4.47 Å². The van der Waals surface area contributed by atoms with Gasteiger partial charge in [-0.2, -0.15) is 5.26 Å². The molecule has 1 aromatic rings. The second-order valence-corrected chi connectivity index (χ2v) is 4.52. The Hall–Kier alpha value is -1.54. The zero-order valence-corrected chi connectivity index (χ0v) is 12.0. The second-order valence-electron chi connectivity index (χ2n) is 3.61. The SMILES string of the molecule is CCN(CC)C(=O)COc1ccc(Br)cc1C#N. The van der Waals surface area contributed by atoms with Crippen molar-refractivity contribution < 1.29 is 9.53 Å². The van der Waals surface area contributed by atoms with Crippen molar-refractivity contribution in [3.05, 3.63) is 28.2 Å². The van der Waals surface area contributed by atoms with E-state index in [0.29, 0.717) is 24.4 Å². The van der Waals surface area contributed by atoms with E-state index >= 15 is 0 Å². The monoisotopic (exact) mass is 310 g/mol. The van der Waals surface area contributed by atoms with Gasteiger partial charge in [0.2, 0.25) is 0 Å². The average molecular weight is 311 g/mol. The number of nitrogens with zero attached hydrogens (tertiary/aromatic N) is 2. The summed E-state index contributed by atoms with van der Waals surface area (Å²) in [7, 11) is 0. The van der Waals surface area contributed by atoms with E-state index in [4.69, 9.17) is 10.00 Å². The van der Waals surface area contributed by atoms with E-state index in [9.17, 15) is 4.79 Å². The fourth-order valence-corrected chi connectivity index (χ4v) is 1.88. The molecule has 0 heterocycles. The Morgan fingerprint density at radius 3 is 2.67 bits per heavy atom. The summed E-state index contributed by atoms with van der Waals surface area (Å²) in [6.45, 7) is 5.11. The Morgan fingerprint density at radius 2 is 2.11 bits per heavy atom. The Bertz CT molecular complexity index is 465. The molecule has 0 saturated carbocycles. The Balaban J connectivity index is 2.70. The molecule has 5 heteroatoms. The molecular weight excluding hydrogens is 296 g/mol. The van der Waals surface area contributed by atoms with Crippen molar-refractivity contribution in [3.8, 4) is 11.8 Å². The van der Waals surface area contributed by atoms with Crippen LogP contribution in [-0.4, -0.2) is 30.5 Å². The number of hydrogen-bond acceptors (Lipinski definition) is 3. The first kappa shape index (κ1) is 14.5. The third-order valence-electron chi connectivity index (χ3n) is 2.53. The predicted molar refractivity (Wildman–Crippen MR) is 72.3 cm³/mol. The van der Waals surface area contributed by atoms with Crippen molar-refractivity contribution in [1.82, 2.24) is 4.90 Å². The zero-order valence-electron chi connectivity index (χ0n) is 10.4. The molecule has 1 amide bonds. The van der Waals surface area contributed by atoms with Crippen molar-refractivity contribution in [3.63, 3.8) is 0 Å². The summed E-state index contributed by atoms with van der Waals surface area (Å²) in [5, 5.41) is 8.96. The first-order valence-corrected chi connectivity index (χ1v) is 6.51. The summed E-state index contributed by atoms with van der Waals surface area (Å²) in [6.07, 6.45) is 0. The summed E-state index contributed by atoms with van der Waals surface area (Å²) >= 11 is 3.28. The minimum atomic E-state index is -0.0770. The standard InChI is InChI=1S/C13H15BrN2O2/c1-3-16(4-2)13(17)9-18-12-6-5-11(14)7-10(12)8-15/h5-7H,3-4,9H2,1-2H3. The van der Waals surface area contributed by atoms with E-state index < -0.39 is 0 Å². The van der Waals surface area contributed by atoms with Crippen molar-refractivity contribution in [1.29, 1.82) is 5.26 Å². The number of amides is 1. The molecule has 0 unspecified atom stereocenters. The normalized spacial score (nSPS) is 9.67. The average Bonchev–Trinajstić information content (AvgIpc) is 2.38. The molecule has 4 nitrogen and oxygen atoms in total. The van der Waals surface area contributed by atoms with Crippen LogP contribution in [0.3, 0.4) is 0 Å². The summed E-state index contributed by atoms with van der Waals surface area (Å²) in [5.74, 6) is 0.355. The Morgan fingerprint density at radius 1 is 1.44 bits per heavy atom. The highest BCUT2D eigenvalue weighted by molar-refractivity contribution is 9.10. The van der Waals surface area contributed by atoms with E-state index in [2.05, 4.69) is 15.9 Å². The predicted octanol–water partition coefficient (Wildman–Crippen LogP) is 2.57. The summed E-state index contributed by atoms with van der Waals surface area (Å²) in [6, 6.07) is 7.16. The quantitative estimate of drug-likeness (QED) is 0.840. The van der Waals surface area contributed by atoms with Crippen LogP contribution in [0.5, 0.6) is 5.75 Å². The number of carbonyl (C=O) groups is 1. The van der Waals surface area contributed by atoms with Crippen molar-refractivity contribution in [2.24, 2.45) is 0 Å². The van der Waals surface area contributed by atoms with Crippen molar-refractivity contribution in [2.45, 2.75) is 13.8 Å². The van der Waals surface area contributed by atoms with E-state index in [1.54, 1.807) is 23.1 Å². The molecule has 0 fully saturated rings. The third-order valence-corrected chi connectivity index (χ3v) is 3.02. The van der Waals surface area contributed by atoms with Gasteiger partial charge in [-0.1, -0.05) is 15.9 Å². The van der Waals surface area contributed by atoms with Crippen LogP contribution in [-0.2, 0) is 4.79 Å². The van der Waals surface area contributed by atoms with Crippen LogP contribution in [0.4, 0.5) is 0 Å². The minimum absolute atomic E-state index is 0.0437. The molecular formula is C13H15BrN2O2. The van der Waals surface area contributed by atoms with Gasteiger partial charge in [-0.25, -0.2) is 0 Å². The minimum Gasteiger partial charge on any atom is -0.482 e. The van der Waals surface area contributed by atoms with Gasteiger partial charge >= 0.3 is 0 Å². The molecule has 0 aliphatic rings. The van der Waals surface area contributed by atoms with Gasteiger partial charge in [-0.3, -0.25) is 4.79 Å². The maximum absolute atomic E-state index is 11.8. The third kappa shape index (κ3) is 3.74. The molecule has 0 aliphatic heterocycles. The maximum Gasteiger partial charge on any atom is 0.260 e. The highest BCUT2D eigenvalue weighted by Crippen LogP contribution is 2.22. The fraction of sp³-hybridized carbons (Fsp3) is 0.385.